The molecular formula is C15H13ClFNO2. The van der Waals surface area contributed by atoms with Gasteiger partial charge >= 0.3 is 5.97 Å². The van der Waals surface area contributed by atoms with Gasteiger partial charge in [-0.1, -0.05) is 41.9 Å². The number of hydrogen-bond donors (Lipinski definition) is 2. The average Bonchev–Trinajstić information content (AvgIpc) is 2.39. The fourth-order valence-corrected chi connectivity index (χ4v) is 2.15. The van der Waals surface area contributed by atoms with Crippen LogP contribution in [-0.2, 0) is 17.8 Å². The summed E-state index contributed by atoms with van der Waals surface area (Å²) in [5.74, 6) is -1.34. The van der Waals surface area contributed by atoms with Gasteiger partial charge < -0.3 is 10.4 Å². The molecule has 0 aliphatic heterocycles. The molecule has 0 heterocycles. The molecule has 0 spiro atoms. The zero-order valence-electron chi connectivity index (χ0n) is 10.6. The van der Waals surface area contributed by atoms with Crippen LogP contribution in [0.1, 0.15) is 11.1 Å². The minimum absolute atomic E-state index is 0.0666. The molecule has 2 aromatic rings. The van der Waals surface area contributed by atoms with Gasteiger partial charge in [-0.3, -0.25) is 4.79 Å². The lowest BCUT2D eigenvalue weighted by molar-refractivity contribution is -0.136. The molecule has 3 nitrogen and oxygen atoms in total. The van der Waals surface area contributed by atoms with Crippen molar-refractivity contribution in [1.29, 1.82) is 0 Å². The molecule has 0 saturated heterocycles. The standard InChI is InChI=1S/C15H13ClFNO2/c16-12-6-3-7-13(17)15(12)18-9-11-5-2-1-4-10(11)8-14(19)20/h1-7,18H,8-9H2,(H,19,20). The number of para-hydroxylation sites is 1. The van der Waals surface area contributed by atoms with Crippen LogP contribution in [0, 0.1) is 5.82 Å². The quantitative estimate of drug-likeness (QED) is 0.883. The van der Waals surface area contributed by atoms with Gasteiger partial charge in [-0.15, -0.1) is 0 Å². The van der Waals surface area contributed by atoms with Gasteiger partial charge in [0, 0.05) is 6.54 Å². The predicted molar refractivity (Wildman–Crippen MR) is 76.5 cm³/mol. The minimum atomic E-state index is -0.902. The average molecular weight is 294 g/mol. The highest BCUT2D eigenvalue weighted by atomic mass is 35.5. The smallest absolute Gasteiger partial charge is 0.307 e. The Morgan fingerprint density at radius 1 is 1.15 bits per heavy atom. The second-order valence-corrected chi connectivity index (χ2v) is 4.70. The van der Waals surface area contributed by atoms with Crippen molar-refractivity contribution >= 4 is 23.3 Å². The lowest BCUT2D eigenvalue weighted by Gasteiger charge is -2.12. The molecule has 2 aromatic carbocycles. The maximum atomic E-state index is 13.6. The first-order valence-electron chi connectivity index (χ1n) is 6.04. The van der Waals surface area contributed by atoms with Crippen molar-refractivity contribution < 1.29 is 14.3 Å². The van der Waals surface area contributed by atoms with E-state index in [1.807, 2.05) is 6.07 Å². The van der Waals surface area contributed by atoms with E-state index in [0.29, 0.717) is 17.1 Å². The highest BCUT2D eigenvalue weighted by Crippen LogP contribution is 2.25. The lowest BCUT2D eigenvalue weighted by Crippen LogP contribution is -2.08. The Kier molecular flexibility index (Phi) is 4.58. The third kappa shape index (κ3) is 3.48. The van der Waals surface area contributed by atoms with Gasteiger partial charge in [0.25, 0.3) is 0 Å². The fourth-order valence-electron chi connectivity index (χ4n) is 1.92. The van der Waals surface area contributed by atoms with E-state index in [4.69, 9.17) is 16.7 Å². The number of carboxylic acids is 1. The van der Waals surface area contributed by atoms with Crippen molar-refractivity contribution in [2.75, 3.05) is 5.32 Å². The van der Waals surface area contributed by atoms with E-state index in [-0.39, 0.29) is 12.1 Å². The Balaban J connectivity index is 2.17. The first-order valence-corrected chi connectivity index (χ1v) is 6.42. The van der Waals surface area contributed by atoms with Gasteiger partial charge in [0.2, 0.25) is 0 Å². The number of halogens is 2. The minimum Gasteiger partial charge on any atom is -0.481 e. The molecule has 0 bridgehead atoms. The van der Waals surface area contributed by atoms with Crippen molar-refractivity contribution in [3.63, 3.8) is 0 Å². The predicted octanol–water partition coefficient (Wildman–Crippen LogP) is 3.72. The molecule has 0 fully saturated rings. The van der Waals surface area contributed by atoms with Crippen LogP contribution in [0.5, 0.6) is 0 Å². The fraction of sp³-hybridized carbons (Fsp3) is 0.133. The third-order valence-corrected chi connectivity index (χ3v) is 3.19. The van der Waals surface area contributed by atoms with Gasteiger partial charge in [0.05, 0.1) is 17.1 Å². The van der Waals surface area contributed by atoms with E-state index < -0.39 is 11.8 Å². The van der Waals surface area contributed by atoms with Crippen LogP contribution >= 0.6 is 11.6 Å². The Morgan fingerprint density at radius 2 is 1.85 bits per heavy atom. The summed E-state index contributed by atoms with van der Waals surface area (Å²) >= 11 is 5.92. The molecular weight excluding hydrogens is 281 g/mol. The number of aliphatic carboxylic acids is 1. The van der Waals surface area contributed by atoms with E-state index in [2.05, 4.69) is 5.32 Å². The molecule has 0 amide bonds. The number of rotatable bonds is 5. The molecule has 2 N–H and O–H groups in total. The van der Waals surface area contributed by atoms with Gasteiger partial charge in [-0.25, -0.2) is 4.39 Å². The molecule has 0 radical (unpaired) electrons. The molecule has 0 atom stereocenters. The summed E-state index contributed by atoms with van der Waals surface area (Å²) in [5.41, 5.74) is 1.72. The Labute approximate surface area is 121 Å². The van der Waals surface area contributed by atoms with E-state index in [1.165, 1.54) is 12.1 Å². The highest BCUT2D eigenvalue weighted by molar-refractivity contribution is 6.33. The second kappa shape index (κ2) is 6.39. The van der Waals surface area contributed by atoms with Crippen LogP contribution < -0.4 is 5.32 Å². The third-order valence-electron chi connectivity index (χ3n) is 2.88. The van der Waals surface area contributed by atoms with E-state index in [9.17, 15) is 9.18 Å². The molecule has 104 valence electrons. The van der Waals surface area contributed by atoms with Crippen LogP contribution in [0.4, 0.5) is 10.1 Å². The molecule has 2 rings (SSSR count). The second-order valence-electron chi connectivity index (χ2n) is 4.29. The summed E-state index contributed by atoms with van der Waals surface area (Å²) in [6.07, 6.45) is -0.0666. The van der Waals surface area contributed by atoms with Gasteiger partial charge in [0.1, 0.15) is 5.82 Å². The van der Waals surface area contributed by atoms with Crippen molar-refractivity contribution in [2.24, 2.45) is 0 Å². The largest absolute Gasteiger partial charge is 0.481 e. The number of anilines is 1. The van der Waals surface area contributed by atoms with Crippen molar-refractivity contribution in [3.05, 3.63) is 64.4 Å². The SMILES string of the molecule is O=C(O)Cc1ccccc1CNc1c(F)cccc1Cl. The summed E-state index contributed by atoms with van der Waals surface area (Å²) in [6, 6.07) is 11.6. The Hall–Kier alpha value is -2.07. The van der Waals surface area contributed by atoms with Crippen molar-refractivity contribution in [3.8, 4) is 0 Å². The van der Waals surface area contributed by atoms with Gasteiger partial charge in [0.15, 0.2) is 0 Å². The lowest BCUT2D eigenvalue weighted by atomic mass is 10.0. The number of benzene rings is 2. The summed E-state index contributed by atoms with van der Waals surface area (Å²) in [7, 11) is 0. The van der Waals surface area contributed by atoms with Crippen molar-refractivity contribution in [2.45, 2.75) is 13.0 Å². The Morgan fingerprint density at radius 3 is 2.50 bits per heavy atom. The highest BCUT2D eigenvalue weighted by Gasteiger charge is 2.09. The molecule has 0 saturated carbocycles. The summed E-state index contributed by atoms with van der Waals surface area (Å²) < 4.78 is 13.6. The van der Waals surface area contributed by atoms with Gasteiger partial charge in [-0.2, -0.15) is 0 Å². The first kappa shape index (κ1) is 14.3. The normalized spacial score (nSPS) is 10.3. The molecule has 0 aliphatic rings. The summed E-state index contributed by atoms with van der Waals surface area (Å²) in [5, 5.41) is 12.1. The monoisotopic (exact) mass is 293 g/mol. The van der Waals surface area contributed by atoms with Crippen molar-refractivity contribution in [1.82, 2.24) is 0 Å². The molecule has 20 heavy (non-hydrogen) atoms. The molecule has 0 aliphatic carbocycles. The summed E-state index contributed by atoms with van der Waals surface area (Å²) in [4.78, 5) is 10.8. The summed E-state index contributed by atoms with van der Waals surface area (Å²) in [6.45, 7) is 0.310. The molecule has 5 heteroatoms. The molecule has 0 aromatic heterocycles. The topological polar surface area (TPSA) is 49.3 Å². The first-order chi connectivity index (χ1) is 9.58. The van der Waals surface area contributed by atoms with E-state index in [0.717, 1.165) is 5.56 Å². The van der Waals surface area contributed by atoms with Crippen LogP contribution in [0.3, 0.4) is 0 Å². The number of carbonyl (C=O) groups is 1. The zero-order chi connectivity index (χ0) is 14.5. The zero-order valence-corrected chi connectivity index (χ0v) is 11.3. The van der Waals surface area contributed by atoms with E-state index >= 15 is 0 Å². The van der Waals surface area contributed by atoms with Crippen LogP contribution in [-0.4, -0.2) is 11.1 Å². The molecule has 0 unspecified atom stereocenters. The van der Waals surface area contributed by atoms with Crippen LogP contribution in [0.2, 0.25) is 5.02 Å². The maximum absolute atomic E-state index is 13.6. The van der Waals surface area contributed by atoms with Crippen LogP contribution in [0.15, 0.2) is 42.5 Å². The van der Waals surface area contributed by atoms with E-state index in [1.54, 1.807) is 24.3 Å². The van der Waals surface area contributed by atoms with Crippen LogP contribution in [0.25, 0.3) is 0 Å². The number of nitrogens with one attached hydrogen (secondary N) is 1. The van der Waals surface area contributed by atoms with Gasteiger partial charge in [-0.05, 0) is 23.3 Å². The maximum Gasteiger partial charge on any atom is 0.307 e. The number of hydrogen-bond acceptors (Lipinski definition) is 2. The number of carboxylic acid groups (broad SMARTS) is 1. The Bertz CT molecular complexity index is 611.